The Kier molecular flexibility index (Phi) is 3.53. The Labute approximate surface area is 85.7 Å². The number of alkyl halides is 1. The van der Waals surface area contributed by atoms with Crippen molar-refractivity contribution in [1.29, 1.82) is 0 Å². The molecular weight excluding hydrogens is 236 g/mol. The van der Waals surface area contributed by atoms with Crippen LogP contribution in [-0.2, 0) is 6.42 Å². The summed E-state index contributed by atoms with van der Waals surface area (Å²) >= 11 is 5.28. The van der Waals surface area contributed by atoms with Gasteiger partial charge in [-0.25, -0.2) is 4.98 Å². The van der Waals surface area contributed by atoms with Gasteiger partial charge in [0.1, 0.15) is 0 Å². The minimum absolute atomic E-state index is 0.535. The molecule has 1 aromatic heterocycles. The lowest BCUT2D eigenvalue weighted by molar-refractivity contribution is 0.975. The number of halogens is 1. The van der Waals surface area contributed by atoms with Crippen molar-refractivity contribution >= 4 is 32.4 Å². The van der Waals surface area contributed by atoms with E-state index in [1.54, 1.807) is 11.3 Å². The van der Waals surface area contributed by atoms with Crippen LogP contribution in [0.2, 0.25) is 0 Å². The molecule has 0 N–H and O–H groups in total. The molecule has 0 aromatic carbocycles. The molecular formula is C8H13BrN2S. The summed E-state index contributed by atoms with van der Waals surface area (Å²) in [6.45, 7) is 2.15. The average Bonchev–Trinajstić information content (AvgIpc) is 2.34. The van der Waals surface area contributed by atoms with Crippen molar-refractivity contribution in [3.8, 4) is 0 Å². The molecule has 0 spiro atoms. The van der Waals surface area contributed by atoms with Gasteiger partial charge in [0, 0.05) is 30.0 Å². The molecule has 0 bridgehead atoms. The Morgan fingerprint density at radius 3 is 2.75 bits per heavy atom. The van der Waals surface area contributed by atoms with Crippen LogP contribution in [0.25, 0.3) is 0 Å². The lowest BCUT2D eigenvalue weighted by atomic mass is 10.3. The highest BCUT2D eigenvalue weighted by molar-refractivity contribution is 9.09. The average molecular weight is 249 g/mol. The van der Waals surface area contributed by atoms with E-state index in [0.29, 0.717) is 4.83 Å². The molecule has 0 amide bonds. The van der Waals surface area contributed by atoms with E-state index in [1.807, 2.05) is 25.2 Å². The molecule has 1 heterocycles. The van der Waals surface area contributed by atoms with Crippen LogP contribution in [0.3, 0.4) is 0 Å². The third-order valence-corrected chi connectivity index (χ3v) is 2.92. The largest absolute Gasteiger partial charge is 0.354 e. The Balaban J connectivity index is 2.64. The van der Waals surface area contributed by atoms with Gasteiger partial charge in [-0.2, -0.15) is 0 Å². The van der Waals surface area contributed by atoms with Gasteiger partial charge in [0.2, 0.25) is 0 Å². The van der Waals surface area contributed by atoms with Gasteiger partial charge in [0.25, 0.3) is 0 Å². The van der Waals surface area contributed by atoms with Crippen LogP contribution in [0.1, 0.15) is 11.8 Å². The van der Waals surface area contributed by atoms with Crippen LogP contribution in [0, 0.1) is 0 Å². The smallest absolute Gasteiger partial charge is 0.184 e. The highest BCUT2D eigenvalue weighted by Gasteiger charge is 2.05. The quantitative estimate of drug-likeness (QED) is 0.765. The molecule has 1 aromatic rings. The van der Waals surface area contributed by atoms with E-state index in [2.05, 4.69) is 27.8 Å². The minimum atomic E-state index is 0.535. The molecule has 0 saturated carbocycles. The van der Waals surface area contributed by atoms with Crippen LogP contribution in [-0.4, -0.2) is 23.9 Å². The first-order chi connectivity index (χ1) is 5.59. The fraction of sp³-hybridized carbons (Fsp3) is 0.625. The van der Waals surface area contributed by atoms with E-state index in [1.165, 1.54) is 4.88 Å². The predicted molar refractivity (Wildman–Crippen MR) is 58.5 cm³/mol. The molecule has 4 heteroatoms. The predicted octanol–water partition coefficient (Wildman–Crippen LogP) is 2.54. The maximum atomic E-state index is 4.29. The molecule has 1 rings (SSSR count). The Hall–Kier alpha value is -0.0900. The Morgan fingerprint density at radius 2 is 2.33 bits per heavy atom. The van der Waals surface area contributed by atoms with Gasteiger partial charge in [-0.15, -0.1) is 11.3 Å². The first-order valence-electron chi connectivity index (χ1n) is 3.85. The summed E-state index contributed by atoms with van der Waals surface area (Å²) < 4.78 is 0. The summed E-state index contributed by atoms with van der Waals surface area (Å²) in [6.07, 6.45) is 3.02. The van der Waals surface area contributed by atoms with Gasteiger partial charge in [-0.05, 0) is 6.42 Å². The van der Waals surface area contributed by atoms with Crippen molar-refractivity contribution in [2.24, 2.45) is 0 Å². The molecule has 0 radical (unpaired) electrons. The van der Waals surface area contributed by atoms with E-state index < -0.39 is 0 Å². The topological polar surface area (TPSA) is 16.1 Å². The number of hydrogen-bond donors (Lipinski definition) is 0. The summed E-state index contributed by atoms with van der Waals surface area (Å²) in [5.41, 5.74) is 0. The van der Waals surface area contributed by atoms with E-state index in [9.17, 15) is 0 Å². The molecule has 0 aliphatic carbocycles. The van der Waals surface area contributed by atoms with Crippen LogP contribution in [0.15, 0.2) is 6.20 Å². The summed E-state index contributed by atoms with van der Waals surface area (Å²) in [5.74, 6) is 0. The van der Waals surface area contributed by atoms with E-state index in [4.69, 9.17) is 0 Å². The normalized spacial score (nSPS) is 13.0. The fourth-order valence-corrected chi connectivity index (χ4v) is 2.40. The number of nitrogens with zero attached hydrogens (tertiary/aromatic N) is 2. The van der Waals surface area contributed by atoms with Crippen molar-refractivity contribution in [2.75, 3.05) is 19.0 Å². The third kappa shape index (κ3) is 2.75. The van der Waals surface area contributed by atoms with Crippen molar-refractivity contribution in [1.82, 2.24) is 4.98 Å². The van der Waals surface area contributed by atoms with Crippen molar-refractivity contribution in [3.05, 3.63) is 11.1 Å². The first kappa shape index (κ1) is 9.99. The second kappa shape index (κ2) is 4.23. The van der Waals surface area contributed by atoms with Gasteiger partial charge in [0.15, 0.2) is 5.13 Å². The Morgan fingerprint density at radius 1 is 1.67 bits per heavy atom. The second-order valence-corrected chi connectivity index (χ2v) is 5.65. The fourth-order valence-electron chi connectivity index (χ4n) is 0.876. The van der Waals surface area contributed by atoms with Gasteiger partial charge in [0.05, 0.1) is 0 Å². The van der Waals surface area contributed by atoms with Crippen LogP contribution in [0.4, 0.5) is 5.13 Å². The Bertz CT molecular complexity index is 245. The SMILES string of the molecule is CC(Br)Cc1cnc(N(C)C)s1. The monoisotopic (exact) mass is 248 g/mol. The van der Waals surface area contributed by atoms with Crippen molar-refractivity contribution in [2.45, 2.75) is 18.2 Å². The zero-order valence-electron chi connectivity index (χ0n) is 7.54. The molecule has 2 nitrogen and oxygen atoms in total. The zero-order valence-corrected chi connectivity index (χ0v) is 9.94. The lowest BCUT2D eigenvalue weighted by Crippen LogP contribution is -2.07. The second-order valence-electron chi connectivity index (χ2n) is 2.99. The highest BCUT2D eigenvalue weighted by atomic mass is 79.9. The van der Waals surface area contributed by atoms with E-state index in [0.717, 1.165) is 11.6 Å². The molecule has 68 valence electrons. The van der Waals surface area contributed by atoms with Crippen LogP contribution >= 0.6 is 27.3 Å². The standard InChI is InChI=1S/C8H13BrN2S/c1-6(9)4-7-5-10-8(12-7)11(2)3/h5-6H,4H2,1-3H3. The van der Waals surface area contributed by atoms with Crippen LogP contribution < -0.4 is 4.90 Å². The number of hydrogen-bond acceptors (Lipinski definition) is 3. The molecule has 1 atom stereocenters. The summed E-state index contributed by atoms with van der Waals surface area (Å²) in [6, 6.07) is 0. The lowest BCUT2D eigenvalue weighted by Gasteiger charge is -2.05. The van der Waals surface area contributed by atoms with E-state index >= 15 is 0 Å². The van der Waals surface area contributed by atoms with Crippen LogP contribution in [0.5, 0.6) is 0 Å². The van der Waals surface area contributed by atoms with E-state index in [-0.39, 0.29) is 0 Å². The van der Waals surface area contributed by atoms with Crippen molar-refractivity contribution in [3.63, 3.8) is 0 Å². The van der Waals surface area contributed by atoms with Gasteiger partial charge in [-0.3, -0.25) is 0 Å². The summed E-state index contributed by atoms with van der Waals surface area (Å²) in [4.78, 5) is 8.20. The molecule has 0 saturated heterocycles. The molecule has 1 unspecified atom stereocenters. The number of anilines is 1. The minimum Gasteiger partial charge on any atom is -0.354 e. The van der Waals surface area contributed by atoms with Gasteiger partial charge < -0.3 is 4.90 Å². The summed E-state index contributed by atoms with van der Waals surface area (Å²) in [5, 5.41) is 1.08. The summed E-state index contributed by atoms with van der Waals surface area (Å²) in [7, 11) is 4.03. The maximum absolute atomic E-state index is 4.29. The van der Waals surface area contributed by atoms with Gasteiger partial charge in [-0.1, -0.05) is 22.9 Å². The number of rotatable bonds is 3. The first-order valence-corrected chi connectivity index (χ1v) is 5.59. The van der Waals surface area contributed by atoms with Crippen molar-refractivity contribution < 1.29 is 0 Å². The molecule has 0 aliphatic heterocycles. The number of aromatic nitrogens is 1. The van der Waals surface area contributed by atoms with Gasteiger partial charge >= 0.3 is 0 Å². The number of thiazole rings is 1. The highest BCUT2D eigenvalue weighted by Crippen LogP contribution is 2.22. The molecule has 12 heavy (non-hydrogen) atoms. The maximum Gasteiger partial charge on any atom is 0.184 e. The zero-order chi connectivity index (χ0) is 9.14. The molecule has 0 aliphatic rings. The third-order valence-electron chi connectivity index (χ3n) is 1.41. The molecule has 0 fully saturated rings.